The Balaban J connectivity index is 1.53. The van der Waals surface area contributed by atoms with Gasteiger partial charge in [0, 0.05) is 12.0 Å². The van der Waals surface area contributed by atoms with Gasteiger partial charge in [-0.15, -0.1) is 0 Å². The first kappa shape index (κ1) is 17.9. The zero-order valence-electron chi connectivity index (χ0n) is 17.0. The predicted octanol–water partition coefficient (Wildman–Crippen LogP) is 4.24. The van der Waals surface area contributed by atoms with E-state index >= 15 is 0 Å². The van der Waals surface area contributed by atoms with Gasteiger partial charge < -0.3 is 0 Å². The normalized spacial score (nSPS) is 13.8. The molecule has 3 nitrogen and oxygen atoms in total. The number of nitrogens with zero attached hydrogens (tertiary/aromatic N) is 3. The van der Waals surface area contributed by atoms with Crippen molar-refractivity contribution in [3.05, 3.63) is 90.0 Å². The summed E-state index contributed by atoms with van der Waals surface area (Å²) in [5, 5.41) is 3.06. The highest BCUT2D eigenvalue weighted by Crippen LogP contribution is 2.29. The van der Waals surface area contributed by atoms with Crippen LogP contribution in [0, 0.1) is 6.92 Å². The molecular formula is C25H23N3Si. The van der Waals surface area contributed by atoms with Gasteiger partial charge in [0.2, 0.25) is 0 Å². The Morgan fingerprint density at radius 3 is 2.28 bits per heavy atom. The average molecular weight is 394 g/mol. The third-order valence-electron chi connectivity index (χ3n) is 5.84. The van der Waals surface area contributed by atoms with Crippen molar-refractivity contribution in [2.75, 3.05) is 0 Å². The molecule has 0 aliphatic carbocycles. The molecule has 0 fully saturated rings. The van der Waals surface area contributed by atoms with Crippen molar-refractivity contribution in [1.82, 2.24) is 15.0 Å². The van der Waals surface area contributed by atoms with E-state index in [1.165, 1.54) is 27.1 Å². The molecule has 142 valence electrons. The van der Waals surface area contributed by atoms with Crippen molar-refractivity contribution in [3.8, 4) is 22.5 Å². The van der Waals surface area contributed by atoms with E-state index in [1.54, 1.807) is 0 Å². The van der Waals surface area contributed by atoms with Crippen LogP contribution in [0.5, 0.6) is 0 Å². The van der Waals surface area contributed by atoms with Crippen molar-refractivity contribution in [2.24, 2.45) is 0 Å². The second-order valence-corrected chi connectivity index (χ2v) is 12.5. The third kappa shape index (κ3) is 3.10. The average Bonchev–Trinajstić information content (AvgIpc) is 2.95. The van der Waals surface area contributed by atoms with Crippen molar-refractivity contribution in [2.45, 2.75) is 26.4 Å². The molecule has 0 spiro atoms. The van der Waals surface area contributed by atoms with Crippen LogP contribution < -0.4 is 10.4 Å². The molecule has 0 bridgehead atoms. The number of hydrogen-bond acceptors (Lipinski definition) is 3. The van der Waals surface area contributed by atoms with Gasteiger partial charge in [0.25, 0.3) is 0 Å². The standard InChI is InChI=1S/C25H23N3Si/c1-17-26-24(28-25(27-17)19-9-5-4-6-10-19)16-18-13-14-23-21(15-18)20-11-7-8-12-22(20)29(23,2)3/h4-15H,16H2,1-3H3. The zero-order chi connectivity index (χ0) is 20.0. The lowest BCUT2D eigenvalue weighted by molar-refractivity contribution is 0.887. The monoisotopic (exact) mass is 393 g/mol. The van der Waals surface area contributed by atoms with Crippen molar-refractivity contribution >= 4 is 18.4 Å². The second kappa shape index (κ2) is 6.74. The number of aryl methyl sites for hydroxylation is 1. The summed E-state index contributed by atoms with van der Waals surface area (Å²) in [6, 6.07) is 25.9. The molecular weight excluding hydrogens is 370 g/mol. The first-order chi connectivity index (χ1) is 14.0. The number of fused-ring (bicyclic) bond motifs is 3. The number of aromatic nitrogens is 3. The Morgan fingerprint density at radius 2 is 1.45 bits per heavy atom. The quantitative estimate of drug-likeness (QED) is 0.489. The Bertz CT molecular complexity index is 1220. The smallest absolute Gasteiger partial charge is 0.163 e. The minimum absolute atomic E-state index is 0.709. The minimum atomic E-state index is -1.60. The Hall–Kier alpha value is -3.11. The summed E-state index contributed by atoms with van der Waals surface area (Å²) in [6.07, 6.45) is 0.709. The molecule has 3 aromatic carbocycles. The summed E-state index contributed by atoms with van der Waals surface area (Å²) in [5.41, 5.74) is 5.06. The molecule has 0 saturated carbocycles. The Morgan fingerprint density at radius 1 is 0.724 bits per heavy atom. The first-order valence-corrected chi connectivity index (χ1v) is 13.0. The van der Waals surface area contributed by atoms with Crippen LogP contribution in [0.2, 0.25) is 13.1 Å². The third-order valence-corrected chi connectivity index (χ3v) is 9.40. The molecule has 1 aliphatic rings. The predicted molar refractivity (Wildman–Crippen MR) is 121 cm³/mol. The molecule has 5 rings (SSSR count). The van der Waals surface area contributed by atoms with Crippen molar-refractivity contribution in [1.29, 1.82) is 0 Å². The van der Waals surface area contributed by atoms with E-state index in [1.807, 2.05) is 37.3 Å². The molecule has 0 unspecified atom stereocenters. The summed E-state index contributed by atoms with van der Waals surface area (Å²) in [7, 11) is -1.60. The van der Waals surface area contributed by atoms with Crippen LogP contribution in [0.25, 0.3) is 22.5 Å². The van der Waals surface area contributed by atoms with E-state index in [4.69, 9.17) is 4.98 Å². The van der Waals surface area contributed by atoms with Gasteiger partial charge in [-0.25, -0.2) is 15.0 Å². The van der Waals surface area contributed by atoms with Crippen LogP contribution in [-0.2, 0) is 6.42 Å². The van der Waals surface area contributed by atoms with Crippen molar-refractivity contribution < 1.29 is 0 Å². The van der Waals surface area contributed by atoms with Gasteiger partial charge in [0.15, 0.2) is 5.82 Å². The lowest BCUT2D eigenvalue weighted by Crippen LogP contribution is -2.49. The van der Waals surface area contributed by atoms with E-state index in [2.05, 4.69) is 65.5 Å². The van der Waals surface area contributed by atoms with Crippen LogP contribution in [0.4, 0.5) is 0 Å². The van der Waals surface area contributed by atoms with E-state index in [0.29, 0.717) is 6.42 Å². The summed E-state index contributed by atoms with van der Waals surface area (Å²) >= 11 is 0. The molecule has 1 aliphatic heterocycles. The minimum Gasteiger partial charge on any atom is -0.218 e. The number of rotatable bonds is 3. The summed E-state index contributed by atoms with van der Waals surface area (Å²) in [6.45, 7) is 6.82. The molecule has 0 radical (unpaired) electrons. The summed E-state index contributed by atoms with van der Waals surface area (Å²) in [5.74, 6) is 2.32. The fourth-order valence-electron chi connectivity index (χ4n) is 4.39. The van der Waals surface area contributed by atoms with Gasteiger partial charge >= 0.3 is 0 Å². The summed E-state index contributed by atoms with van der Waals surface area (Å²) in [4.78, 5) is 13.9. The van der Waals surface area contributed by atoms with E-state index < -0.39 is 8.07 Å². The number of benzene rings is 3. The maximum absolute atomic E-state index is 4.75. The van der Waals surface area contributed by atoms with E-state index in [9.17, 15) is 0 Å². The molecule has 4 heteroatoms. The molecule has 4 aromatic rings. The van der Waals surface area contributed by atoms with E-state index in [-0.39, 0.29) is 0 Å². The molecule has 0 N–H and O–H groups in total. The lowest BCUT2D eigenvalue weighted by Gasteiger charge is -2.18. The van der Waals surface area contributed by atoms with Gasteiger partial charge in [0.1, 0.15) is 19.7 Å². The SMILES string of the molecule is Cc1nc(Cc2ccc3c(c2)-c2ccccc2[Si]3(C)C)nc(-c2ccccc2)n1. The fourth-order valence-corrected chi connectivity index (χ4v) is 7.47. The highest BCUT2D eigenvalue weighted by atomic mass is 28.3. The Labute approximate surface area is 172 Å². The molecule has 0 atom stereocenters. The van der Waals surface area contributed by atoms with Gasteiger partial charge in [-0.3, -0.25) is 0 Å². The topological polar surface area (TPSA) is 38.7 Å². The molecule has 0 amide bonds. The fraction of sp³-hybridized carbons (Fsp3) is 0.160. The van der Waals surface area contributed by atoms with Crippen LogP contribution in [0.3, 0.4) is 0 Å². The maximum atomic E-state index is 4.75. The first-order valence-electron chi connectivity index (χ1n) is 10.0. The van der Waals surface area contributed by atoms with Gasteiger partial charge in [-0.05, 0) is 34.0 Å². The van der Waals surface area contributed by atoms with Crippen LogP contribution in [0.1, 0.15) is 17.2 Å². The summed E-state index contributed by atoms with van der Waals surface area (Å²) < 4.78 is 0. The molecule has 29 heavy (non-hydrogen) atoms. The van der Waals surface area contributed by atoms with Crippen LogP contribution in [-0.4, -0.2) is 23.0 Å². The highest BCUT2D eigenvalue weighted by molar-refractivity contribution is 7.03. The molecule has 0 saturated heterocycles. The van der Waals surface area contributed by atoms with E-state index in [0.717, 1.165) is 23.0 Å². The zero-order valence-corrected chi connectivity index (χ0v) is 18.0. The van der Waals surface area contributed by atoms with Crippen LogP contribution in [0.15, 0.2) is 72.8 Å². The molecule has 2 heterocycles. The molecule has 1 aromatic heterocycles. The number of hydrogen-bond donors (Lipinski definition) is 0. The maximum Gasteiger partial charge on any atom is 0.163 e. The second-order valence-electron chi connectivity index (χ2n) is 8.22. The van der Waals surface area contributed by atoms with Crippen molar-refractivity contribution in [3.63, 3.8) is 0 Å². The van der Waals surface area contributed by atoms with Gasteiger partial charge in [-0.1, -0.05) is 85.9 Å². The highest BCUT2D eigenvalue weighted by Gasteiger charge is 2.36. The largest absolute Gasteiger partial charge is 0.218 e. The van der Waals surface area contributed by atoms with Crippen LogP contribution >= 0.6 is 0 Å². The van der Waals surface area contributed by atoms with Gasteiger partial charge in [-0.2, -0.15) is 0 Å². The Kier molecular flexibility index (Phi) is 4.17. The lowest BCUT2D eigenvalue weighted by atomic mass is 10.0. The van der Waals surface area contributed by atoms with Gasteiger partial charge in [0.05, 0.1) is 0 Å².